The van der Waals surface area contributed by atoms with Gasteiger partial charge in [-0.25, -0.2) is 4.79 Å². The minimum absolute atomic E-state index is 0.0675. The summed E-state index contributed by atoms with van der Waals surface area (Å²) in [5, 5.41) is 11.1. The molecule has 3 fully saturated rings. The van der Waals surface area contributed by atoms with E-state index < -0.39 is 6.09 Å². The second-order valence-electron chi connectivity index (χ2n) is 11.2. The summed E-state index contributed by atoms with van der Waals surface area (Å²) >= 11 is 6.64. The molecule has 2 atom stereocenters. The molecular weight excluding hydrogens is 448 g/mol. The minimum Gasteiger partial charge on any atom is -0.491 e. The largest absolute Gasteiger partial charge is 0.491 e. The molecule has 0 spiro atoms. The molecule has 6 rings (SSSR count). The maximum Gasteiger partial charge on any atom is 0.408 e. The fourth-order valence-electron chi connectivity index (χ4n) is 6.50. The molecule has 2 aromatic carbocycles. The SMILES string of the molecule is CC(C)Oc1ccc(-c2ccc3c(c2)CC(C)(C)[C@H]3N(C(=O)O)[C@@H]2CN3CCC2CC3)c(Cl)c1. The summed E-state index contributed by atoms with van der Waals surface area (Å²) in [5.41, 5.74) is 4.21. The molecule has 1 aliphatic carbocycles. The van der Waals surface area contributed by atoms with E-state index in [0.29, 0.717) is 10.9 Å². The van der Waals surface area contributed by atoms with Crippen LogP contribution in [0, 0.1) is 11.3 Å². The fraction of sp³-hybridized carbons (Fsp3) is 0.536. The van der Waals surface area contributed by atoms with Gasteiger partial charge in [-0.1, -0.05) is 43.6 Å². The van der Waals surface area contributed by atoms with Crippen LogP contribution < -0.4 is 4.74 Å². The number of fused-ring (bicyclic) bond motifs is 4. The first-order chi connectivity index (χ1) is 16.1. The summed E-state index contributed by atoms with van der Waals surface area (Å²) < 4.78 is 5.78. The Bertz CT molecular complexity index is 1090. The standard InChI is InChI=1S/C28H35ClN2O3/c1-17(2)34-21-6-8-22(24(29)14-21)19-5-7-23-20(13-19)15-28(3,4)26(23)31(27(32)33)25-16-30-11-9-18(25)10-12-30/h5-8,13-14,17-18,25-26H,9-12,15-16H2,1-4H3,(H,32,33)/t25-,26+/m1/s1. The molecule has 0 radical (unpaired) electrons. The summed E-state index contributed by atoms with van der Waals surface area (Å²) in [6, 6.07) is 12.2. The van der Waals surface area contributed by atoms with Crippen molar-refractivity contribution in [3.05, 3.63) is 52.5 Å². The third kappa shape index (κ3) is 4.18. The summed E-state index contributed by atoms with van der Waals surface area (Å²) in [6.07, 6.45) is 2.34. The van der Waals surface area contributed by atoms with Crippen molar-refractivity contribution < 1.29 is 14.6 Å². The molecule has 3 saturated heterocycles. The first kappa shape index (κ1) is 23.5. The number of nitrogens with zero attached hydrogens (tertiary/aromatic N) is 2. The van der Waals surface area contributed by atoms with E-state index in [1.54, 1.807) is 0 Å². The van der Waals surface area contributed by atoms with E-state index in [1.165, 1.54) is 5.56 Å². The zero-order valence-corrected chi connectivity index (χ0v) is 21.3. The Morgan fingerprint density at radius 2 is 1.91 bits per heavy atom. The Hall–Kier alpha value is -2.24. The van der Waals surface area contributed by atoms with Crippen molar-refractivity contribution in [2.45, 2.75) is 65.1 Å². The van der Waals surface area contributed by atoms with Gasteiger partial charge in [0.05, 0.1) is 23.2 Å². The summed E-state index contributed by atoms with van der Waals surface area (Å²) in [4.78, 5) is 16.9. The van der Waals surface area contributed by atoms with E-state index in [0.717, 1.165) is 61.3 Å². The highest BCUT2D eigenvalue weighted by molar-refractivity contribution is 6.33. The normalized spacial score (nSPS) is 27.0. The number of piperidine rings is 3. The Balaban J connectivity index is 1.49. The minimum atomic E-state index is -0.794. The van der Waals surface area contributed by atoms with Crippen molar-refractivity contribution >= 4 is 17.7 Å². The Morgan fingerprint density at radius 3 is 2.50 bits per heavy atom. The lowest BCUT2D eigenvalue weighted by Gasteiger charge is -2.51. The number of carboxylic acid groups (broad SMARTS) is 1. The maximum absolute atomic E-state index is 12.7. The third-order valence-electron chi connectivity index (χ3n) is 7.93. The van der Waals surface area contributed by atoms with Gasteiger partial charge in [0.15, 0.2) is 0 Å². The number of halogens is 1. The van der Waals surface area contributed by atoms with Crippen molar-refractivity contribution in [2.75, 3.05) is 19.6 Å². The van der Waals surface area contributed by atoms with Gasteiger partial charge >= 0.3 is 6.09 Å². The molecule has 3 heterocycles. The molecule has 1 N–H and O–H groups in total. The van der Waals surface area contributed by atoms with Crippen LogP contribution in [-0.4, -0.2) is 52.8 Å². The van der Waals surface area contributed by atoms with E-state index in [4.69, 9.17) is 16.3 Å². The third-order valence-corrected chi connectivity index (χ3v) is 8.24. The molecule has 4 aliphatic rings. The number of carbonyl (C=O) groups is 1. The fourth-order valence-corrected chi connectivity index (χ4v) is 6.78. The molecule has 5 nitrogen and oxygen atoms in total. The number of rotatable bonds is 5. The topological polar surface area (TPSA) is 53.0 Å². The lowest BCUT2D eigenvalue weighted by Crippen LogP contribution is -2.60. The van der Waals surface area contributed by atoms with Crippen molar-refractivity contribution in [1.29, 1.82) is 0 Å². The van der Waals surface area contributed by atoms with Crippen LogP contribution in [0.3, 0.4) is 0 Å². The van der Waals surface area contributed by atoms with Gasteiger partial charge in [-0.3, -0.25) is 4.90 Å². The van der Waals surface area contributed by atoms with Gasteiger partial charge < -0.3 is 14.7 Å². The highest BCUT2D eigenvalue weighted by atomic mass is 35.5. The van der Waals surface area contributed by atoms with Gasteiger partial charge in [0, 0.05) is 12.1 Å². The van der Waals surface area contributed by atoms with Gasteiger partial charge in [-0.05, 0) is 92.4 Å². The molecule has 0 unspecified atom stereocenters. The van der Waals surface area contributed by atoms with Gasteiger partial charge in [0.1, 0.15) is 5.75 Å². The Morgan fingerprint density at radius 1 is 1.18 bits per heavy atom. The quantitative estimate of drug-likeness (QED) is 0.529. The summed E-state index contributed by atoms with van der Waals surface area (Å²) in [5.74, 6) is 1.23. The summed E-state index contributed by atoms with van der Waals surface area (Å²) in [6.45, 7) is 11.5. The van der Waals surface area contributed by atoms with Crippen LogP contribution in [0.4, 0.5) is 4.79 Å². The predicted molar refractivity (Wildman–Crippen MR) is 136 cm³/mol. The van der Waals surface area contributed by atoms with Gasteiger partial charge in [-0.2, -0.15) is 0 Å². The van der Waals surface area contributed by atoms with Crippen LogP contribution in [0.5, 0.6) is 5.75 Å². The van der Waals surface area contributed by atoms with E-state index in [2.05, 4.69) is 36.9 Å². The number of benzene rings is 2. The Kier molecular flexibility index (Phi) is 6.06. The number of hydrogen-bond donors (Lipinski definition) is 1. The number of ether oxygens (including phenoxy) is 1. The second kappa shape index (κ2) is 8.76. The number of hydrogen-bond acceptors (Lipinski definition) is 3. The first-order valence-electron chi connectivity index (χ1n) is 12.5. The monoisotopic (exact) mass is 482 g/mol. The van der Waals surface area contributed by atoms with Crippen LogP contribution >= 0.6 is 11.6 Å². The number of amides is 1. The molecule has 3 aliphatic heterocycles. The zero-order valence-electron chi connectivity index (χ0n) is 20.6. The average molecular weight is 483 g/mol. The van der Waals surface area contributed by atoms with Crippen molar-refractivity contribution in [2.24, 2.45) is 11.3 Å². The summed E-state index contributed by atoms with van der Waals surface area (Å²) in [7, 11) is 0. The lowest BCUT2D eigenvalue weighted by atomic mass is 9.79. The first-order valence-corrected chi connectivity index (χ1v) is 12.8. The van der Waals surface area contributed by atoms with Crippen LogP contribution in [0.2, 0.25) is 5.02 Å². The van der Waals surface area contributed by atoms with Crippen molar-refractivity contribution in [1.82, 2.24) is 9.80 Å². The lowest BCUT2D eigenvalue weighted by molar-refractivity contribution is -0.0267. The smallest absolute Gasteiger partial charge is 0.408 e. The second-order valence-corrected chi connectivity index (χ2v) is 11.6. The van der Waals surface area contributed by atoms with Crippen LogP contribution in [0.15, 0.2) is 36.4 Å². The van der Waals surface area contributed by atoms with Crippen molar-refractivity contribution in [3.63, 3.8) is 0 Å². The molecule has 34 heavy (non-hydrogen) atoms. The van der Waals surface area contributed by atoms with Crippen LogP contribution in [0.1, 0.15) is 57.7 Å². The molecule has 0 aromatic heterocycles. The average Bonchev–Trinajstić information content (AvgIpc) is 3.03. The van der Waals surface area contributed by atoms with Crippen LogP contribution in [0.25, 0.3) is 11.1 Å². The van der Waals surface area contributed by atoms with Crippen LogP contribution in [-0.2, 0) is 6.42 Å². The molecule has 0 saturated carbocycles. The highest BCUT2D eigenvalue weighted by Gasteiger charge is 2.50. The highest BCUT2D eigenvalue weighted by Crippen LogP contribution is 2.52. The van der Waals surface area contributed by atoms with Crippen molar-refractivity contribution in [3.8, 4) is 16.9 Å². The van der Waals surface area contributed by atoms with E-state index in [9.17, 15) is 9.90 Å². The molecular formula is C28H35ClN2O3. The van der Waals surface area contributed by atoms with Gasteiger partial charge in [0.2, 0.25) is 0 Å². The van der Waals surface area contributed by atoms with E-state index >= 15 is 0 Å². The van der Waals surface area contributed by atoms with E-state index in [-0.39, 0.29) is 23.6 Å². The zero-order chi connectivity index (χ0) is 24.2. The molecule has 2 aromatic rings. The van der Waals surface area contributed by atoms with Gasteiger partial charge in [-0.15, -0.1) is 0 Å². The predicted octanol–water partition coefficient (Wildman–Crippen LogP) is 6.49. The molecule has 6 heteroatoms. The van der Waals surface area contributed by atoms with E-state index in [1.807, 2.05) is 36.9 Å². The molecule has 182 valence electrons. The molecule has 2 bridgehead atoms. The Labute approximate surface area is 207 Å². The molecule has 1 amide bonds. The maximum atomic E-state index is 12.7. The van der Waals surface area contributed by atoms with Gasteiger partial charge in [0.25, 0.3) is 0 Å².